The summed E-state index contributed by atoms with van der Waals surface area (Å²) in [6.45, 7) is 5.05. The molecule has 5 heteroatoms. The number of nitrogens with one attached hydrogen (secondary N) is 1. The van der Waals surface area contributed by atoms with Crippen LogP contribution in [0.2, 0.25) is 5.02 Å². The summed E-state index contributed by atoms with van der Waals surface area (Å²) in [7, 11) is 0. The fourth-order valence-electron chi connectivity index (χ4n) is 1.58. The maximum atomic E-state index is 5.98. The first-order valence-corrected chi connectivity index (χ1v) is 7.63. The summed E-state index contributed by atoms with van der Waals surface area (Å²) in [5, 5.41) is 7.33. The summed E-state index contributed by atoms with van der Waals surface area (Å²) in [5.74, 6) is 0. The lowest BCUT2D eigenvalue weighted by Gasteiger charge is -2.24. The minimum Gasteiger partial charge on any atom is -0.302 e. The van der Waals surface area contributed by atoms with E-state index in [-0.39, 0.29) is 5.54 Å². The maximum absolute atomic E-state index is 5.98. The Hall–Kier alpha value is -0.420. The Bertz CT molecular complexity index is 526. The van der Waals surface area contributed by atoms with Gasteiger partial charge in [-0.1, -0.05) is 17.7 Å². The third kappa shape index (κ3) is 3.32. The SMILES string of the molecule is CC(C)(NCc1ccc(Cl)c(Br)c1)c1nccs1. The molecule has 2 nitrogen and oxygen atoms in total. The second-order valence-corrected chi connectivity index (χ2v) is 6.72. The van der Waals surface area contributed by atoms with Crippen molar-refractivity contribution in [2.75, 3.05) is 0 Å². The van der Waals surface area contributed by atoms with Gasteiger partial charge in [0.1, 0.15) is 5.01 Å². The molecule has 2 rings (SSSR count). The number of thiazole rings is 1. The fraction of sp³-hybridized carbons (Fsp3) is 0.308. The third-order valence-electron chi connectivity index (χ3n) is 2.69. The summed E-state index contributed by atoms with van der Waals surface area (Å²) >= 11 is 11.1. The molecular weight excluding hydrogens is 332 g/mol. The van der Waals surface area contributed by atoms with Crippen LogP contribution in [-0.4, -0.2) is 4.98 Å². The lowest BCUT2D eigenvalue weighted by atomic mass is 10.1. The van der Waals surface area contributed by atoms with Crippen molar-refractivity contribution in [3.05, 3.63) is 49.8 Å². The number of hydrogen-bond acceptors (Lipinski definition) is 3. The minimum atomic E-state index is -0.125. The second kappa shape index (κ2) is 5.70. The van der Waals surface area contributed by atoms with Gasteiger partial charge in [0, 0.05) is 22.6 Å². The van der Waals surface area contributed by atoms with E-state index in [1.807, 2.05) is 29.8 Å². The van der Waals surface area contributed by atoms with Crippen molar-refractivity contribution in [1.29, 1.82) is 0 Å². The predicted octanol–water partition coefficient (Wildman–Crippen LogP) is 4.58. The molecule has 1 heterocycles. The summed E-state index contributed by atoms with van der Waals surface area (Å²) in [5.41, 5.74) is 1.07. The van der Waals surface area contributed by atoms with E-state index in [0.717, 1.165) is 21.0 Å². The smallest absolute Gasteiger partial charge is 0.112 e. The van der Waals surface area contributed by atoms with Gasteiger partial charge in [-0.15, -0.1) is 11.3 Å². The van der Waals surface area contributed by atoms with E-state index in [1.165, 1.54) is 5.56 Å². The molecule has 0 atom stereocenters. The van der Waals surface area contributed by atoms with Crippen LogP contribution in [0, 0.1) is 0 Å². The highest BCUT2D eigenvalue weighted by Crippen LogP contribution is 2.25. The van der Waals surface area contributed by atoms with Gasteiger partial charge in [-0.2, -0.15) is 0 Å². The number of benzene rings is 1. The number of hydrogen-bond donors (Lipinski definition) is 1. The van der Waals surface area contributed by atoms with E-state index in [9.17, 15) is 0 Å². The van der Waals surface area contributed by atoms with E-state index >= 15 is 0 Å². The van der Waals surface area contributed by atoms with Gasteiger partial charge >= 0.3 is 0 Å². The Morgan fingerprint density at radius 2 is 2.22 bits per heavy atom. The molecule has 18 heavy (non-hydrogen) atoms. The molecule has 0 unspecified atom stereocenters. The molecule has 0 amide bonds. The van der Waals surface area contributed by atoms with Crippen molar-refractivity contribution in [3.63, 3.8) is 0 Å². The molecule has 0 saturated heterocycles. The van der Waals surface area contributed by atoms with Gasteiger partial charge in [0.05, 0.1) is 10.6 Å². The zero-order valence-corrected chi connectivity index (χ0v) is 13.4. The predicted molar refractivity (Wildman–Crippen MR) is 81.1 cm³/mol. The van der Waals surface area contributed by atoms with Crippen LogP contribution in [0.1, 0.15) is 24.4 Å². The molecule has 96 valence electrons. The average Bonchev–Trinajstić information content (AvgIpc) is 2.85. The van der Waals surface area contributed by atoms with Crippen molar-refractivity contribution < 1.29 is 0 Å². The molecule has 0 saturated carbocycles. The standard InChI is InChI=1S/C13H14BrClN2S/c1-13(2,12-16-5-6-18-12)17-8-9-3-4-11(15)10(14)7-9/h3-7,17H,8H2,1-2H3. The van der Waals surface area contributed by atoms with E-state index in [0.29, 0.717) is 0 Å². The molecule has 0 aliphatic rings. The van der Waals surface area contributed by atoms with Gasteiger partial charge in [0.15, 0.2) is 0 Å². The van der Waals surface area contributed by atoms with Crippen LogP contribution in [0.25, 0.3) is 0 Å². The van der Waals surface area contributed by atoms with Crippen LogP contribution >= 0.6 is 38.9 Å². The van der Waals surface area contributed by atoms with E-state index in [2.05, 4.69) is 40.1 Å². The van der Waals surface area contributed by atoms with Crippen molar-refractivity contribution in [2.45, 2.75) is 25.9 Å². The molecular formula is C13H14BrClN2S. The molecule has 0 aliphatic carbocycles. The topological polar surface area (TPSA) is 24.9 Å². The summed E-state index contributed by atoms with van der Waals surface area (Å²) in [6.07, 6.45) is 1.84. The molecule has 2 aromatic rings. The minimum absolute atomic E-state index is 0.125. The molecule has 0 bridgehead atoms. The summed E-state index contributed by atoms with van der Waals surface area (Å²) in [6, 6.07) is 5.96. The Balaban J connectivity index is 2.05. The Morgan fingerprint density at radius 1 is 1.44 bits per heavy atom. The zero-order chi connectivity index (χ0) is 13.2. The van der Waals surface area contributed by atoms with Crippen molar-refractivity contribution in [1.82, 2.24) is 10.3 Å². The van der Waals surface area contributed by atoms with E-state index in [4.69, 9.17) is 11.6 Å². The van der Waals surface area contributed by atoms with Crippen LogP contribution < -0.4 is 5.32 Å². The Labute approximate surface area is 125 Å². The van der Waals surface area contributed by atoms with Crippen LogP contribution in [0.15, 0.2) is 34.2 Å². The highest BCUT2D eigenvalue weighted by Gasteiger charge is 2.22. The van der Waals surface area contributed by atoms with Crippen molar-refractivity contribution in [3.8, 4) is 0 Å². The number of halogens is 2. The first-order chi connectivity index (χ1) is 8.49. The zero-order valence-electron chi connectivity index (χ0n) is 10.2. The first kappa shape index (κ1) is 14.0. The third-order valence-corrected chi connectivity index (χ3v) is 5.00. The molecule has 1 aromatic carbocycles. The van der Waals surface area contributed by atoms with Crippen molar-refractivity contribution >= 4 is 38.9 Å². The molecule has 1 N–H and O–H groups in total. The molecule has 1 aromatic heterocycles. The van der Waals surface area contributed by atoms with Crippen LogP contribution in [0.4, 0.5) is 0 Å². The summed E-state index contributed by atoms with van der Waals surface area (Å²) < 4.78 is 0.926. The number of aromatic nitrogens is 1. The van der Waals surface area contributed by atoms with E-state index in [1.54, 1.807) is 11.3 Å². The Kier molecular flexibility index (Phi) is 4.43. The molecule has 0 fully saturated rings. The highest BCUT2D eigenvalue weighted by molar-refractivity contribution is 9.10. The van der Waals surface area contributed by atoms with Gasteiger partial charge < -0.3 is 5.32 Å². The van der Waals surface area contributed by atoms with Crippen LogP contribution in [-0.2, 0) is 12.1 Å². The highest BCUT2D eigenvalue weighted by atomic mass is 79.9. The van der Waals surface area contributed by atoms with Gasteiger partial charge in [-0.25, -0.2) is 4.98 Å². The van der Waals surface area contributed by atoms with Crippen LogP contribution in [0.3, 0.4) is 0 Å². The first-order valence-electron chi connectivity index (χ1n) is 5.58. The lowest BCUT2D eigenvalue weighted by molar-refractivity contribution is 0.399. The van der Waals surface area contributed by atoms with Gasteiger partial charge in [0.2, 0.25) is 0 Å². The molecule has 0 spiro atoms. The van der Waals surface area contributed by atoms with Gasteiger partial charge in [-0.3, -0.25) is 0 Å². The Morgan fingerprint density at radius 3 is 2.83 bits per heavy atom. The number of nitrogens with zero attached hydrogens (tertiary/aromatic N) is 1. The number of rotatable bonds is 4. The van der Waals surface area contributed by atoms with E-state index < -0.39 is 0 Å². The average molecular weight is 346 g/mol. The lowest BCUT2D eigenvalue weighted by Crippen LogP contribution is -2.35. The quantitative estimate of drug-likeness (QED) is 0.877. The molecule has 0 radical (unpaired) electrons. The largest absolute Gasteiger partial charge is 0.302 e. The maximum Gasteiger partial charge on any atom is 0.112 e. The van der Waals surface area contributed by atoms with Crippen molar-refractivity contribution in [2.24, 2.45) is 0 Å². The van der Waals surface area contributed by atoms with Gasteiger partial charge in [-0.05, 0) is 47.5 Å². The van der Waals surface area contributed by atoms with Crippen LogP contribution in [0.5, 0.6) is 0 Å². The monoisotopic (exact) mass is 344 g/mol. The second-order valence-electron chi connectivity index (χ2n) is 4.56. The normalized spacial score (nSPS) is 11.8. The van der Waals surface area contributed by atoms with Gasteiger partial charge in [0.25, 0.3) is 0 Å². The molecule has 0 aliphatic heterocycles. The fourth-order valence-corrected chi connectivity index (χ4v) is 2.86. The summed E-state index contributed by atoms with van der Waals surface area (Å²) in [4.78, 5) is 4.36.